The first kappa shape index (κ1) is 11.9. The molecule has 3 nitrogen and oxygen atoms in total. The Morgan fingerprint density at radius 1 is 1.18 bits per heavy atom. The number of aromatic nitrogens is 1. The summed E-state index contributed by atoms with van der Waals surface area (Å²) in [4.78, 5) is 12.1. The third kappa shape index (κ3) is 2.74. The number of hydrogen-bond acceptors (Lipinski definition) is 2. The van der Waals surface area contributed by atoms with Gasteiger partial charge < -0.3 is 9.88 Å². The molecule has 1 aromatic carbocycles. The van der Waals surface area contributed by atoms with Crippen molar-refractivity contribution in [1.29, 1.82) is 0 Å². The molecule has 1 N–H and O–H groups in total. The van der Waals surface area contributed by atoms with Crippen molar-refractivity contribution in [2.24, 2.45) is 0 Å². The van der Waals surface area contributed by atoms with Gasteiger partial charge >= 0.3 is 0 Å². The van der Waals surface area contributed by atoms with E-state index in [-0.39, 0.29) is 5.56 Å². The van der Waals surface area contributed by atoms with Gasteiger partial charge in [0.25, 0.3) is 5.56 Å². The van der Waals surface area contributed by atoms with Crippen LogP contribution in [0.3, 0.4) is 0 Å². The summed E-state index contributed by atoms with van der Waals surface area (Å²) in [6, 6.07) is 9.74. The fourth-order valence-corrected chi connectivity index (χ4v) is 1.99. The van der Waals surface area contributed by atoms with Gasteiger partial charge in [0.05, 0.1) is 0 Å². The molecule has 0 radical (unpaired) electrons. The Bertz CT molecular complexity index is 545. The number of unbranched alkanes of at least 4 members (excludes halogenated alkanes) is 1. The minimum atomic E-state index is 0.118. The van der Waals surface area contributed by atoms with Crippen molar-refractivity contribution in [3.63, 3.8) is 0 Å². The molecule has 2 aromatic rings. The molecule has 3 heteroatoms. The summed E-state index contributed by atoms with van der Waals surface area (Å²) in [7, 11) is 1.95. The fraction of sp³-hybridized carbons (Fsp3) is 0.357. The standard InChI is InChI=1S/C14H18N2O/c1-15-9-4-5-10-16-11-8-12-6-2-3-7-13(12)14(16)17/h2-3,6-8,11,15H,4-5,9-10H2,1H3. The number of hydrogen-bond donors (Lipinski definition) is 1. The second-order valence-corrected chi connectivity index (χ2v) is 4.21. The molecular formula is C14H18N2O. The Balaban J connectivity index is 2.18. The van der Waals surface area contributed by atoms with Crippen LogP contribution in [-0.2, 0) is 6.54 Å². The predicted octanol–water partition coefficient (Wildman–Crippen LogP) is 2.00. The van der Waals surface area contributed by atoms with Gasteiger partial charge in [0.2, 0.25) is 0 Å². The van der Waals surface area contributed by atoms with Crippen molar-refractivity contribution in [1.82, 2.24) is 9.88 Å². The first-order chi connectivity index (χ1) is 8.33. The minimum Gasteiger partial charge on any atom is -0.320 e. The van der Waals surface area contributed by atoms with E-state index in [0.717, 1.165) is 36.7 Å². The lowest BCUT2D eigenvalue weighted by molar-refractivity contribution is 0.581. The summed E-state index contributed by atoms with van der Waals surface area (Å²) in [6.07, 6.45) is 4.01. The Kier molecular flexibility index (Phi) is 3.94. The zero-order valence-corrected chi connectivity index (χ0v) is 10.1. The zero-order chi connectivity index (χ0) is 12.1. The first-order valence-corrected chi connectivity index (χ1v) is 6.06. The van der Waals surface area contributed by atoms with E-state index in [1.54, 1.807) is 4.57 Å². The average molecular weight is 230 g/mol. The molecule has 0 aliphatic carbocycles. The molecule has 17 heavy (non-hydrogen) atoms. The van der Waals surface area contributed by atoms with Gasteiger partial charge in [-0.05, 0) is 44.0 Å². The van der Waals surface area contributed by atoms with Gasteiger partial charge in [0.15, 0.2) is 0 Å². The van der Waals surface area contributed by atoms with Crippen molar-refractivity contribution < 1.29 is 0 Å². The van der Waals surface area contributed by atoms with Crippen molar-refractivity contribution in [2.45, 2.75) is 19.4 Å². The minimum absolute atomic E-state index is 0.118. The summed E-state index contributed by atoms with van der Waals surface area (Å²) in [5, 5.41) is 4.94. The van der Waals surface area contributed by atoms with Gasteiger partial charge in [-0.1, -0.05) is 18.2 Å². The van der Waals surface area contributed by atoms with Crippen molar-refractivity contribution in [3.05, 3.63) is 46.9 Å². The third-order valence-electron chi connectivity index (χ3n) is 2.96. The molecule has 2 rings (SSSR count). The van der Waals surface area contributed by atoms with Crippen LogP contribution >= 0.6 is 0 Å². The van der Waals surface area contributed by atoms with Crippen LogP contribution in [0, 0.1) is 0 Å². The lowest BCUT2D eigenvalue weighted by Gasteiger charge is -2.06. The van der Waals surface area contributed by atoms with Crippen LogP contribution < -0.4 is 10.9 Å². The van der Waals surface area contributed by atoms with Gasteiger partial charge in [-0.3, -0.25) is 4.79 Å². The fourth-order valence-electron chi connectivity index (χ4n) is 1.99. The Morgan fingerprint density at radius 2 is 2.00 bits per heavy atom. The number of pyridine rings is 1. The van der Waals surface area contributed by atoms with Crippen LogP contribution in [0.4, 0.5) is 0 Å². The van der Waals surface area contributed by atoms with Gasteiger partial charge in [-0.2, -0.15) is 0 Å². The van der Waals surface area contributed by atoms with E-state index in [4.69, 9.17) is 0 Å². The van der Waals surface area contributed by atoms with Crippen LogP contribution in [0.1, 0.15) is 12.8 Å². The van der Waals surface area contributed by atoms with Gasteiger partial charge in [0, 0.05) is 18.1 Å². The summed E-state index contributed by atoms with van der Waals surface area (Å²) in [5.41, 5.74) is 0.118. The molecule has 0 saturated carbocycles. The quantitative estimate of drug-likeness (QED) is 0.797. The Labute approximate surface area is 101 Å². The van der Waals surface area contributed by atoms with Crippen molar-refractivity contribution >= 4 is 10.8 Å². The highest BCUT2D eigenvalue weighted by Gasteiger charge is 2.01. The Morgan fingerprint density at radius 3 is 2.82 bits per heavy atom. The number of aryl methyl sites for hydroxylation is 1. The molecule has 1 heterocycles. The average Bonchev–Trinajstić information content (AvgIpc) is 2.37. The summed E-state index contributed by atoms with van der Waals surface area (Å²) < 4.78 is 1.80. The van der Waals surface area contributed by atoms with Crippen LogP contribution in [0.25, 0.3) is 10.8 Å². The highest BCUT2D eigenvalue weighted by Crippen LogP contribution is 2.08. The lowest BCUT2D eigenvalue weighted by Crippen LogP contribution is -2.20. The van der Waals surface area contributed by atoms with E-state index >= 15 is 0 Å². The largest absolute Gasteiger partial charge is 0.320 e. The van der Waals surface area contributed by atoms with Crippen LogP contribution in [0.5, 0.6) is 0 Å². The van der Waals surface area contributed by atoms with E-state index < -0.39 is 0 Å². The summed E-state index contributed by atoms with van der Waals surface area (Å²) in [6.45, 7) is 1.80. The normalized spacial score (nSPS) is 10.9. The molecule has 0 saturated heterocycles. The maximum Gasteiger partial charge on any atom is 0.258 e. The van der Waals surface area contributed by atoms with E-state index in [2.05, 4.69) is 5.32 Å². The van der Waals surface area contributed by atoms with Crippen LogP contribution in [0.15, 0.2) is 41.3 Å². The Hall–Kier alpha value is -1.61. The predicted molar refractivity (Wildman–Crippen MR) is 71.4 cm³/mol. The molecule has 0 spiro atoms. The second kappa shape index (κ2) is 5.64. The van der Waals surface area contributed by atoms with Crippen LogP contribution in [-0.4, -0.2) is 18.2 Å². The number of fused-ring (bicyclic) bond motifs is 1. The van der Waals surface area contributed by atoms with Crippen molar-refractivity contribution in [3.8, 4) is 0 Å². The topological polar surface area (TPSA) is 34.0 Å². The van der Waals surface area contributed by atoms with E-state index in [1.807, 2.05) is 43.6 Å². The summed E-state index contributed by atoms with van der Waals surface area (Å²) in [5.74, 6) is 0. The molecular weight excluding hydrogens is 212 g/mol. The third-order valence-corrected chi connectivity index (χ3v) is 2.96. The van der Waals surface area contributed by atoms with Crippen LogP contribution in [0.2, 0.25) is 0 Å². The lowest BCUT2D eigenvalue weighted by atomic mass is 10.2. The number of rotatable bonds is 5. The molecule has 0 bridgehead atoms. The molecule has 0 aliphatic heterocycles. The zero-order valence-electron chi connectivity index (χ0n) is 10.1. The maximum atomic E-state index is 12.1. The van der Waals surface area contributed by atoms with Crippen molar-refractivity contribution in [2.75, 3.05) is 13.6 Å². The van der Waals surface area contributed by atoms with E-state index in [1.165, 1.54) is 0 Å². The highest BCUT2D eigenvalue weighted by molar-refractivity contribution is 5.81. The first-order valence-electron chi connectivity index (χ1n) is 6.06. The summed E-state index contributed by atoms with van der Waals surface area (Å²) >= 11 is 0. The second-order valence-electron chi connectivity index (χ2n) is 4.21. The smallest absolute Gasteiger partial charge is 0.258 e. The molecule has 1 aromatic heterocycles. The monoisotopic (exact) mass is 230 g/mol. The number of nitrogens with one attached hydrogen (secondary N) is 1. The SMILES string of the molecule is CNCCCCn1ccc2ccccc2c1=O. The number of nitrogens with zero attached hydrogens (tertiary/aromatic N) is 1. The van der Waals surface area contributed by atoms with E-state index in [9.17, 15) is 4.79 Å². The molecule has 0 fully saturated rings. The van der Waals surface area contributed by atoms with Gasteiger partial charge in [-0.25, -0.2) is 0 Å². The molecule has 0 unspecified atom stereocenters. The van der Waals surface area contributed by atoms with E-state index in [0.29, 0.717) is 0 Å². The maximum absolute atomic E-state index is 12.1. The van der Waals surface area contributed by atoms with Gasteiger partial charge in [0.1, 0.15) is 0 Å². The molecule has 0 atom stereocenters. The number of benzene rings is 1. The molecule has 90 valence electrons. The molecule has 0 amide bonds. The molecule has 0 aliphatic rings. The highest BCUT2D eigenvalue weighted by atomic mass is 16.1. The van der Waals surface area contributed by atoms with Gasteiger partial charge in [-0.15, -0.1) is 0 Å².